The van der Waals surface area contributed by atoms with Crippen molar-refractivity contribution in [2.24, 2.45) is 7.05 Å². The number of rotatable bonds is 5. The summed E-state index contributed by atoms with van der Waals surface area (Å²) in [5, 5.41) is 7.97. The summed E-state index contributed by atoms with van der Waals surface area (Å²) in [6.45, 7) is 7.22. The molecular formula is C17H30N4O2. The van der Waals surface area contributed by atoms with E-state index in [1.165, 1.54) is 17.7 Å². The molecule has 23 heavy (non-hydrogen) atoms. The highest BCUT2D eigenvalue weighted by Gasteiger charge is 2.23. The molecule has 0 saturated carbocycles. The van der Waals surface area contributed by atoms with Gasteiger partial charge in [-0.2, -0.15) is 5.10 Å². The van der Waals surface area contributed by atoms with Gasteiger partial charge in [0.05, 0.1) is 6.20 Å². The Bertz CT molecular complexity index is 533. The smallest absolute Gasteiger partial charge is 0.410 e. The minimum Gasteiger partial charge on any atom is -0.444 e. The second-order valence-electron chi connectivity index (χ2n) is 7.32. The summed E-state index contributed by atoms with van der Waals surface area (Å²) >= 11 is 0. The number of hydrogen-bond acceptors (Lipinski definition) is 4. The Morgan fingerprint density at radius 1 is 1.52 bits per heavy atom. The molecule has 130 valence electrons. The molecule has 1 amide bonds. The maximum Gasteiger partial charge on any atom is 0.410 e. The quantitative estimate of drug-likeness (QED) is 0.847. The van der Waals surface area contributed by atoms with Gasteiger partial charge in [-0.05, 0) is 53.0 Å². The van der Waals surface area contributed by atoms with Gasteiger partial charge < -0.3 is 15.0 Å². The lowest BCUT2D eigenvalue weighted by molar-refractivity contribution is 0.0297. The number of amides is 1. The number of fused-ring (bicyclic) bond motifs is 1. The first-order valence-corrected chi connectivity index (χ1v) is 8.46. The molecule has 0 aliphatic heterocycles. The van der Waals surface area contributed by atoms with Crippen LogP contribution < -0.4 is 5.32 Å². The van der Waals surface area contributed by atoms with Crippen molar-refractivity contribution in [3.05, 3.63) is 17.5 Å². The third-order valence-electron chi connectivity index (χ3n) is 4.14. The van der Waals surface area contributed by atoms with Crippen LogP contribution in [0.5, 0.6) is 0 Å². The second kappa shape index (κ2) is 7.34. The molecule has 6 heteroatoms. The maximum atomic E-state index is 11.9. The zero-order valence-electron chi connectivity index (χ0n) is 15.1. The van der Waals surface area contributed by atoms with Crippen LogP contribution in [-0.4, -0.2) is 46.5 Å². The predicted molar refractivity (Wildman–Crippen MR) is 90.4 cm³/mol. The van der Waals surface area contributed by atoms with E-state index in [1.807, 2.05) is 38.7 Å². The average molecular weight is 322 g/mol. The van der Waals surface area contributed by atoms with Crippen molar-refractivity contribution in [2.75, 3.05) is 20.1 Å². The van der Waals surface area contributed by atoms with Crippen LogP contribution in [0.3, 0.4) is 0 Å². The number of nitrogens with zero attached hydrogens (tertiary/aromatic N) is 3. The van der Waals surface area contributed by atoms with Crippen LogP contribution in [0.1, 0.15) is 57.3 Å². The lowest BCUT2D eigenvalue weighted by Gasteiger charge is -2.26. The minimum atomic E-state index is -0.442. The average Bonchev–Trinajstić information content (AvgIpc) is 2.84. The Kier molecular flexibility index (Phi) is 5.68. The number of ether oxygens (including phenoxy) is 1. The number of carbonyl (C=O) groups is 1. The Hall–Kier alpha value is -1.56. The van der Waals surface area contributed by atoms with Gasteiger partial charge in [-0.1, -0.05) is 0 Å². The highest BCUT2D eigenvalue weighted by Crippen LogP contribution is 2.28. The van der Waals surface area contributed by atoms with E-state index in [1.54, 1.807) is 11.9 Å². The molecule has 1 atom stereocenters. The van der Waals surface area contributed by atoms with Gasteiger partial charge >= 0.3 is 6.09 Å². The van der Waals surface area contributed by atoms with Crippen molar-refractivity contribution in [3.63, 3.8) is 0 Å². The zero-order chi connectivity index (χ0) is 17.0. The molecule has 1 unspecified atom stereocenters. The fourth-order valence-corrected chi connectivity index (χ4v) is 2.94. The zero-order valence-corrected chi connectivity index (χ0v) is 15.1. The highest BCUT2D eigenvalue weighted by molar-refractivity contribution is 5.67. The molecule has 1 aromatic heterocycles. The SMILES string of the molecule is CN(CCCNC1CCCc2c1cnn2C)C(=O)OC(C)(C)C. The third kappa shape index (κ3) is 4.96. The van der Waals surface area contributed by atoms with Crippen LogP contribution in [0.2, 0.25) is 0 Å². The fourth-order valence-electron chi connectivity index (χ4n) is 2.94. The van der Waals surface area contributed by atoms with E-state index in [4.69, 9.17) is 4.74 Å². The van der Waals surface area contributed by atoms with Crippen molar-refractivity contribution in [2.45, 2.75) is 58.1 Å². The van der Waals surface area contributed by atoms with Gasteiger partial charge in [0, 0.05) is 37.9 Å². The molecule has 1 N–H and O–H groups in total. The number of carbonyl (C=O) groups excluding carboxylic acids is 1. The summed E-state index contributed by atoms with van der Waals surface area (Å²) in [6.07, 6.45) is 6.10. The summed E-state index contributed by atoms with van der Waals surface area (Å²) in [4.78, 5) is 13.5. The van der Waals surface area contributed by atoms with Crippen molar-refractivity contribution in [1.29, 1.82) is 0 Å². The first-order chi connectivity index (χ1) is 10.8. The number of aryl methyl sites for hydroxylation is 1. The molecule has 0 bridgehead atoms. The highest BCUT2D eigenvalue weighted by atomic mass is 16.6. The molecule has 0 fully saturated rings. The topological polar surface area (TPSA) is 59.4 Å². The van der Waals surface area contributed by atoms with Gasteiger partial charge in [-0.25, -0.2) is 4.79 Å². The molecular weight excluding hydrogens is 292 g/mol. The van der Waals surface area contributed by atoms with Gasteiger partial charge in [0.15, 0.2) is 0 Å². The summed E-state index contributed by atoms with van der Waals surface area (Å²) in [5.41, 5.74) is 2.24. The molecule has 0 spiro atoms. The predicted octanol–water partition coefficient (Wildman–Crippen LogP) is 2.64. The molecule has 0 saturated heterocycles. The Morgan fingerprint density at radius 3 is 2.96 bits per heavy atom. The van der Waals surface area contributed by atoms with Crippen LogP contribution >= 0.6 is 0 Å². The second-order valence-corrected chi connectivity index (χ2v) is 7.32. The number of nitrogens with one attached hydrogen (secondary N) is 1. The Morgan fingerprint density at radius 2 is 2.26 bits per heavy atom. The van der Waals surface area contributed by atoms with Gasteiger partial charge in [0.2, 0.25) is 0 Å². The van der Waals surface area contributed by atoms with Crippen LogP contribution in [0.4, 0.5) is 4.79 Å². The molecule has 0 aromatic carbocycles. The molecule has 0 radical (unpaired) electrons. The van der Waals surface area contributed by atoms with Crippen LogP contribution in [0.25, 0.3) is 0 Å². The normalized spacial score (nSPS) is 17.7. The van der Waals surface area contributed by atoms with E-state index in [2.05, 4.69) is 10.4 Å². The summed E-state index contributed by atoms with van der Waals surface area (Å²) in [5.74, 6) is 0. The first-order valence-electron chi connectivity index (χ1n) is 8.46. The van der Waals surface area contributed by atoms with Gasteiger partial charge in [0.25, 0.3) is 0 Å². The standard InChI is InChI=1S/C17H30N4O2/c1-17(2,3)23-16(22)20(4)11-7-10-18-14-8-6-9-15-13(14)12-19-21(15)5/h12,14,18H,6-11H2,1-5H3. The van der Waals surface area contributed by atoms with E-state index in [0.29, 0.717) is 12.6 Å². The number of aromatic nitrogens is 2. The van der Waals surface area contributed by atoms with E-state index < -0.39 is 5.60 Å². The van der Waals surface area contributed by atoms with E-state index >= 15 is 0 Å². The van der Waals surface area contributed by atoms with Crippen molar-refractivity contribution in [1.82, 2.24) is 20.0 Å². The van der Waals surface area contributed by atoms with Crippen LogP contribution in [0, 0.1) is 0 Å². The fraction of sp³-hybridized carbons (Fsp3) is 0.765. The Labute approximate surface area is 139 Å². The van der Waals surface area contributed by atoms with Crippen molar-refractivity contribution < 1.29 is 9.53 Å². The van der Waals surface area contributed by atoms with E-state index in [-0.39, 0.29) is 6.09 Å². The lowest BCUT2D eigenvalue weighted by Crippen LogP contribution is -2.36. The van der Waals surface area contributed by atoms with Crippen LogP contribution in [0.15, 0.2) is 6.20 Å². The third-order valence-corrected chi connectivity index (χ3v) is 4.14. The molecule has 1 aliphatic rings. The molecule has 1 heterocycles. The summed E-state index contributed by atoms with van der Waals surface area (Å²) < 4.78 is 7.34. The minimum absolute atomic E-state index is 0.260. The summed E-state index contributed by atoms with van der Waals surface area (Å²) in [6, 6.07) is 0.388. The van der Waals surface area contributed by atoms with E-state index in [9.17, 15) is 4.79 Å². The summed E-state index contributed by atoms with van der Waals surface area (Å²) in [7, 11) is 3.80. The van der Waals surface area contributed by atoms with Crippen molar-refractivity contribution in [3.8, 4) is 0 Å². The first kappa shape index (κ1) is 17.8. The lowest BCUT2D eigenvalue weighted by atomic mass is 9.93. The number of hydrogen-bond donors (Lipinski definition) is 1. The molecule has 6 nitrogen and oxygen atoms in total. The van der Waals surface area contributed by atoms with Gasteiger partial charge in [-0.15, -0.1) is 0 Å². The van der Waals surface area contributed by atoms with Gasteiger partial charge in [0.1, 0.15) is 5.60 Å². The van der Waals surface area contributed by atoms with Crippen LogP contribution in [-0.2, 0) is 18.2 Å². The molecule has 1 aromatic rings. The molecule has 1 aliphatic carbocycles. The van der Waals surface area contributed by atoms with E-state index in [0.717, 1.165) is 25.8 Å². The maximum absolute atomic E-state index is 11.9. The van der Waals surface area contributed by atoms with Gasteiger partial charge in [-0.3, -0.25) is 4.68 Å². The largest absolute Gasteiger partial charge is 0.444 e. The van der Waals surface area contributed by atoms with Crippen molar-refractivity contribution >= 4 is 6.09 Å². The Balaban J connectivity index is 1.73. The monoisotopic (exact) mass is 322 g/mol. The molecule has 2 rings (SSSR count).